The Kier molecular flexibility index (Phi) is 6.12. The predicted octanol–water partition coefficient (Wildman–Crippen LogP) is 2.08. The first-order chi connectivity index (χ1) is 12.7. The normalized spacial score (nSPS) is 17.3. The van der Waals surface area contributed by atoms with E-state index in [1.807, 2.05) is 24.3 Å². The molecule has 2 aromatic heterocycles. The van der Waals surface area contributed by atoms with E-state index in [1.54, 1.807) is 26.6 Å². The van der Waals surface area contributed by atoms with Crippen LogP contribution in [0.15, 0.2) is 41.7 Å². The summed E-state index contributed by atoms with van der Waals surface area (Å²) in [5, 5.41) is 7.45. The maximum atomic E-state index is 6.25. The van der Waals surface area contributed by atoms with Gasteiger partial charge in [-0.25, -0.2) is 9.97 Å². The van der Waals surface area contributed by atoms with Gasteiger partial charge in [0.2, 0.25) is 5.88 Å². The van der Waals surface area contributed by atoms with Crippen LogP contribution in [0, 0.1) is 0 Å². The molecule has 1 aliphatic rings. The molecule has 26 heavy (non-hydrogen) atoms. The minimum atomic E-state index is 0.273. The second kappa shape index (κ2) is 8.71. The molecule has 3 rings (SSSR count). The second-order valence-electron chi connectivity index (χ2n) is 5.98. The van der Waals surface area contributed by atoms with Crippen molar-refractivity contribution in [2.75, 3.05) is 32.1 Å². The quantitative estimate of drug-likeness (QED) is 0.616. The van der Waals surface area contributed by atoms with Crippen LogP contribution in [0.1, 0.15) is 12.0 Å². The van der Waals surface area contributed by atoms with Crippen molar-refractivity contribution in [3.05, 3.63) is 47.2 Å². The first kappa shape index (κ1) is 18.3. The molecule has 2 aromatic rings. The summed E-state index contributed by atoms with van der Waals surface area (Å²) in [6.45, 7) is 2.31. The lowest BCUT2D eigenvalue weighted by molar-refractivity contribution is 0.392. The zero-order valence-electron chi connectivity index (χ0n) is 14.9. The summed E-state index contributed by atoms with van der Waals surface area (Å²) >= 11 is 6.25. The van der Waals surface area contributed by atoms with Gasteiger partial charge in [0.25, 0.3) is 0 Å². The molecule has 0 spiro atoms. The Labute approximate surface area is 158 Å². The van der Waals surface area contributed by atoms with Crippen LogP contribution in [0.2, 0.25) is 5.02 Å². The number of guanidine groups is 1. The van der Waals surface area contributed by atoms with Crippen molar-refractivity contribution < 1.29 is 4.74 Å². The molecule has 0 amide bonds. The Morgan fingerprint density at radius 2 is 2.15 bits per heavy atom. The molecule has 3 heterocycles. The van der Waals surface area contributed by atoms with Gasteiger partial charge in [0.05, 0.1) is 12.1 Å². The fourth-order valence-electron chi connectivity index (χ4n) is 2.99. The molecule has 0 radical (unpaired) electrons. The number of ether oxygens (including phenoxy) is 1. The van der Waals surface area contributed by atoms with Crippen molar-refractivity contribution in [3.63, 3.8) is 0 Å². The summed E-state index contributed by atoms with van der Waals surface area (Å²) in [5.74, 6) is 2.20. The average Bonchev–Trinajstić information content (AvgIpc) is 3.14. The van der Waals surface area contributed by atoms with Gasteiger partial charge in [-0.1, -0.05) is 17.7 Å². The molecular formula is C18H23ClN6O. The summed E-state index contributed by atoms with van der Waals surface area (Å²) in [6.07, 6.45) is 4.47. The van der Waals surface area contributed by atoms with Crippen molar-refractivity contribution in [1.29, 1.82) is 0 Å². The summed E-state index contributed by atoms with van der Waals surface area (Å²) < 4.78 is 5.28. The summed E-state index contributed by atoms with van der Waals surface area (Å²) in [7, 11) is 3.38. The van der Waals surface area contributed by atoms with Crippen LogP contribution in [0.5, 0.6) is 5.88 Å². The number of aliphatic imine (C=N–C) groups is 1. The van der Waals surface area contributed by atoms with Crippen molar-refractivity contribution >= 4 is 23.4 Å². The maximum absolute atomic E-state index is 6.25. The first-order valence-electron chi connectivity index (χ1n) is 8.51. The summed E-state index contributed by atoms with van der Waals surface area (Å²) in [4.78, 5) is 15.1. The van der Waals surface area contributed by atoms with Gasteiger partial charge < -0.3 is 20.3 Å². The van der Waals surface area contributed by atoms with Crippen LogP contribution in [0.3, 0.4) is 0 Å². The maximum Gasteiger partial charge on any atom is 0.218 e. The highest BCUT2D eigenvalue weighted by Crippen LogP contribution is 2.25. The molecule has 138 valence electrons. The molecule has 0 aliphatic carbocycles. The Bertz CT molecular complexity index is 769. The van der Waals surface area contributed by atoms with E-state index in [0.717, 1.165) is 36.9 Å². The zero-order valence-corrected chi connectivity index (χ0v) is 15.7. The topological polar surface area (TPSA) is 74.7 Å². The van der Waals surface area contributed by atoms with Crippen molar-refractivity contribution in [2.45, 2.75) is 19.0 Å². The Morgan fingerprint density at radius 1 is 1.35 bits per heavy atom. The largest absolute Gasteiger partial charge is 0.481 e. The van der Waals surface area contributed by atoms with E-state index < -0.39 is 0 Å². The molecule has 0 bridgehead atoms. The van der Waals surface area contributed by atoms with Gasteiger partial charge in [0.15, 0.2) is 5.96 Å². The minimum Gasteiger partial charge on any atom is -0.481 e. The first-order valence-corrected chi connectivity index (χ1v) is 8.89. The van der Waals surface area contributed by atoms with Crippen LogP contribution in [0.25, 0.3) is 0 Å². The number of aromatic nitrogens is 2. The molecule has 1 fully saturated rings. The van der Waals surface area contributed by atoms with E-state index in [4.69, 9.17) is 16.3 Å². The molecular weight excluding hydrogens is 352 g/mol. The van der Waals surface area contributed by atoms with Gasteiger partial charge in [-0.2, -0.15) is 0 Å². The fourth-order valence-corrected chi connectivity index (χ4v) is 3.23. The number of anilines is 1. The van der Waals surface area contributed by atoms with Crippen LogP contribution in [-0.4, -0.2) is 49.2 Å². The third-order valence-corrected chi connectivity index (χ3v) is 4.58. The number of halogens is 1. The molecule has 0 aromatic carbocycles. The van der Waals surface area contributed by atoms with E-state index in [2.05, 4.69) is 30.5 Å². The van der Waals surface area contributed by atoms with Crippen molar-refractivity contribution in [1.82, 2.24) is 20.6 Å². The molecule has 7 nitrogen and oxygen atoms in total. The zero-order chi connectivity index (χ0) is 18.4. The van der Waals surface area contributed by atoms with Crippen LogP contribution in [0.4, 0.5) is 5.82 Å². The Hall–Kier alpha value is -2.54. The Balaban J connectivity index is 1.55. The predicted molar refractivity (Wildman–Crippen MR) is 104 cm³/mol. The number of rotatable bonds is 5. The van der Waals surface area contributed by atoms with Gasteiger partial charge >= 0.3 is 0 Å². The third-order valence-electron chi connectivity index (χ3n) is 4.28. The van der Waals surface area contributed by atoms with Crippen LogP contribution < -0.4 is 20.3 Å². The number of nitrogens with zero attached hydrogens (tertiary/aromatic N) is 4. The smallest absolute Gasteiger partial charge is 0.218 e. The lowest BCUT2D eigenvalue weighted by atomic mass is 10.2. The molecule has 1 saturated heterocycles. The molecule has 1 atom stereocenters. The van der Waals surface area contributed by atoms with Crippen molar-refractivity contribution in [3.8, 4) is 5.88 Å². The lowest BCUT2D eigenvalue weighted by Gasteiger charge is -2.20. The van der Waals surface area contributed by atoms with Gasteiger partial charge in [-0.3, -0.25) is 4.99 Å². The van der Waals surface area contributed by atoms with Crippen LogP contribution >= 0.6 is 11.6 Å². The highest BCUT2D eigenvalue weighted by Gasteiger charge is 2.25. The molecule has 2 N–H and O–H groups in total. The third kappa shape index (κ3) is 4.35. The number of nitrogens with one attached hydrogen (secondary N) is 2. The van der Waals surface area contributed by atoms with E-state index in [-0.39, 0.29) is 6.04 Å². The van der Waals surface area contributed by atoms with E-state index in [1.165, 1.54) is 0 Å². The minimum absolute atomic E-state index is 0.273. The summed E-state index contributed by atoms with van der Waals surface area (Å²) in [6, 6.07) is 7.85. The van der Waals surface area contributed by atoms with E-state index in [9.17, 15) is 0 Å². The standard InChI is InChI=1S/C18H23ClN6O/c1-20-18(23-11-13-5-3-9-22-17(13)26-2)24-14-7-10-25(12-14)16-15(19)6-4-8-21-16/h3-6,8-9,14H,7,10-12H2,1-2H3,(H2,20,23,24). The molecule has 0 saturated carbocycles. The van der Waals surface area contributed by atoms with E-state index in [0.29, 0.717) is 17.4 Å². The molecule has 1 unspecified atom stereocenters. The number of hydrogen-bond acceptors (Lipinski definition) is 5. The average molecular weight is 375 g/mol. The monoisotopic (exact) mass is 374 g/mol. The second-order valence-corrected chi connectivity index (χ2v) is 6.39. The highest BCUT2D eigenvalue weighted by atomic mass is 35.5. The van der Waals surface area contributed by atoms with Crippen LogP contribution in [-0.2, 0) is 6.54 Å². The molecule has 1 aliphatic heterocycles. The number of hydrogen-bond donors (Lipinski definition) is 2. The fraction of sp³-hybridized carbons (Fsp3) is 0.389. The SMILES string of the molecule is CN=C(NCc1cccnc1OC)NC1CCN(c2ncccc2Cl)C1. The Morgan fingerprint density at radius 3 is 2.92 bits per heavy atom. The van der Waals surface area contributed by atoms with Gasteiger partial charge in [-0.05, 0) is 24.6 Å². The van der Waals surface area contributed by atoms with Crippen molar-refractivity contribution in [2.24, 2.45) is 4.99 Å². The highest BCUT2D eigenvalue weighted by molar-refractivity contribution is 6.32. The lowest BCUT2D eigenvalue weighted by Crippen LogP contribution is -2.44. The van der Waals surface area contributed by atoms with Gasteiger partial charge in [-0.15, -0.1) is 0 Å². The van der Waals surface area contributed by atoms with E-state index >= 15 is 0 Å². The van der Waals surface area contributed by atoms with Gasteiger partial charge in [0, 0.05) is 50.7 Å². The number of methoxy groups -OCH3 is 1. The summed E-state index contributed by atoms with van der Waals surface area (Å²) in [5.41, 5.74) is 0.978. The molecule has 8 heteroatoms. The number of pyridine rings is 2. The van der Waals surface area contributed by atoms with Gasteiger partial charge in [0.1, 0.15) is 5.82 Å².